The predicted molar refractivity (Wildman–Crippen MR) is 94.6 cm³/mol. The Morgan fingerprint density at radius 2 is 1.90 bits per heavy atom. The van der Waals surface area contributed by atoms with Crippen LogP contribution < -0.4 is 10.5 Å². The van der Waals surface area contributed by atoms with Crippen LogP contribution in [0.1, 0.15) is 21.5 Å². The molecule has 1 aromatic heterocycles. The van der Waals surface area contributed by atoms with Crippen molar-refractivity contribution >= 4 is 11.8 Å². The highest BCUT2D eigenvalue weighted by Crippen LogP contribution is 2.34. The average molecular weight is 407 g/mol. The monoisotopic (exact) mass is 407 g/mol. The van der Waals surface area contributed by atoms with Crippen molar-refractivity contribution in [1.29, 1.82) is 0 Å². The summed E-state index contributed by atoms with van der Waals surface area (Å²) in [4.78, 5) is 19.1. The lowest BCUT2D eigenvalue weighted by atomic mass is 10.1. The summed E-state index contributed by atoms with van der Waals surface area (Å²) in [6.45, 7) is -0.649. The zero-order chi connectivity index (χ0) is 21.2. The molecule has 0 aliphatic carbocycles. The first-order valence-electron chi connectivity index (χ1n) is 8.10. The Morgan fingerprint density at radius 3 is 2.59 bits per heavy atom. The van der Waals surface area contributed by atoms with E-state index in [4.69, 9.17) is 15.6 Å². The second kappa shape index (κ2) is 7.74. The van der Waals surface area contributed by atoms with E-state index < -0.39 is 35.7 Å². The number of carboxylic acid groups (broad SMARTS) is 1. The molecule has 2 aromatic carbocycles. The number of benzene rings is 2. The van der Waals surface area contributed by atoms with E-state index in [2.05, 4.69) is 9.97 Å². The first kappa shape index (κ1) is 20.1. The van der Waals surface area contributed by atoms with Gasteiger partial charge in [-0.15, -0.1) is 0 Å². The summed E-state index contributed by atoms with van der Waals surface area (Å²) in [5, 5.41) is 9.08. The summed E-state index contributed by atoms with van der Waals surface area (Å²) in [6.07, 6.45) is -3.63. The van der Waals surface area contributed by atoms with Gasteiger partial charge in [-0.25, -0.2) is 19.2 Å². The predicted octanol–water partition coefficient (Wildman–Crippen LogP) is 4.16. The summed E-state index contributed by atoms with van der Waals surface area (Å²) < 4.78 is 58.3. The second-order valence-electron chi connectivity index (χ2n) is 5.89. The number of anilines is 1. The molecular weight excluding hydrogens is 394 g/mol. The van der Waals surface area contributed by atoms with Crippen LogP contribution in [-0.4, -0.2) is 21.0 Å². The topological polar surface area (TPSA) is 98.3 Å². The zero-order valence-corrected chi connectivity index (χ0v) is 14.6. The highest BCUT2D eigenvalue weighted by molar-refractivity contribution is 5.89. The quantitative estimate of drug-likeness (QED) is 0.617. The van der Waals surface area contributed by atoms with Crippen molar-refractivity contribution in [3.05, 3.63) is 71.2 Å². The van der Waals surface area contributed by atoms with Gasteiger partial charge in [0.25, 0.3) is 5.88 Å². The van der Waals surface area contributed by atoms with Crippen LogP contribution in [0.5, 0.6) is 5.88 Å². The Balaban J connectivity index is 1.91. The molecular formula is C19H13F4N3O3. The molecule has 3 N–H and O–H groups in total. The minimum atomic E-state index is -4.90. The van der Waals surface area contributed by atoms with E-state index in [0.717, 1.165) is 12.1 Å². The summed E-state index contributed by atoms with van der Waals surface area (Å²) in [5.41, 5.74) is 4.41. The molecule has 3 aromatic rings. The number of carboxylic acids is 1. The number of aromatic carboxylic acids is 1. The van der Waals surface area contributed by atoms with Gasteiger partial charge in [-0.3, -0.25) is 0 Å². The fourth-order valence-electron chi connectivity index (χ4n) is 2.59. The van der Waals surface area contributed by atoms with Gasteiger partial charge in [-0.2, -0.15) is 13.2 Å². The normalized spacial score (nSPS) is 11.3. The maximum Gasteiger partial charge on any atom is 0.419 e. The van der Waals surface area contributed by atoms with Crippen molar-refractivity contribution in [1.82, 2.24) is 9.97 Å². The molecule has 0 saturated heterocycles. The van der Waals surface area contributed by atoms with Crippen molar-refractivity contribution < 1.29 is 32.2 Å². The van der Waals surface area contributed by atoms with Crippen LogP contribution in [0.25, 0.3) is 11.3 Å². The lowest BCUT2D eigenvalue weighted by Crippen LogP contribution is -2.14. The van der Waals surface area contributed by atoms with Crippen molar-refractivity contribution in [3.63, 3.8) is 0 Å². The van der Waals surface area contributed by atoms with E-state index in [1.165, 1.54) is 24.4 Å². The Bertz CT molecular complexity index is 1070. The van der Waals surface area contributed by atoms with Crippen molar-refractivity contribution in [2.24, 2.45) is 0 Å². The second-order valence-corrected chi connectivity index (χ2v) is 5.89. The maximum absolute atomic E-state index is 13.7. The fraction of sp³-hybridized carbons (Fsp3) is 0.105. The maximum atomic E-state index is 13.7. The summed E-state index contributed by atoms with van der Waals surface area (Å²) >= 11 is 0. The molecule has 1 heterocycles. The van der Waals surface area contributed by atoms with Gasteiger partial charge in [-0.1, -0.05) is 24.3 Å². The van der Waals surface area contributed by atoms with Gasteiger partial charge in [0.1, 0.15) is 12.4 Å². The van der Waals surface area contributed by atoms with Gasteiger partial charge in [0.2, 0.25) is 0 Å². The van der Waals surface area contributed by atoms with Gasteiger partial charge in [0, 0.05) is 11.1 Å². The third kappa shape index (κ3) is 4.42. The molecule has 0 atom stereocenters. The number of ether oxygens (including phenoxy) is 1. The summed E-state index contributed by atoms with van der Waals surface area (Å²) in [5.74, 6) is -3.01. The van der Waals surface area contributed by atoms with Gasteiger partial charge in [0.15, 0.2) is 5.82 Å². The summed E-state index contributed by atoms with van der Waals surface area (Å²) in [6, 6.07) is 8.72. The van der Waals surface area contributed by atoms with Crippen LogP contribution in [0.15, 0.2) is 48.7 Å². The smallest absolute Gasteiger partial charge is 0.419 e. The highest BCUT2D eigenvalue weighted by atomic mass is 19.4. The average Bonchev–Trinajstić information content (AvgIpc) is 2.66. The van der Waals surface area contributed by atoms with Gasteiger partial charge in [0.05, 0.1) is 23.0 Å². The fourth-order valence-corrected chi connectivity index (χ4v) is 2.59. The molecule has 0 bridgehead atoms. The first-order valence-corrected chi connectivity index (χ1v) is 8.10. The molecule has 150 valence electrons. The van der Waals surface area contributed by atoms with Crippen LogP contribution in [-0.2, 0) is 12.8 Å². The number of aromatic nitrogens is 2. The lowest BCUT2D eigenvalue weighted by molar-refractivity contribution is -0.141. The van der Waals surface area contributed by atoms with Crippen LogP contribution >= 0.6 is 0 Å². The van der Waals surface area contributed by atoms with Crippen molar-refractivity contribution in [3.8, 4) is 17.1 Å². The third-order valence-corrected chi connectivity index (χ3v) is 3.92. The Labute approximate surface area is 161 Å². The molecule has 0 aliphatic rings. The van der Waals surface area contributed by atoms with Crippen LogP contribution in [0.4, 0.5) is 23.4 Å². The van der Waals surface area contributed by atoms with Crippen LogP contribution in [0.2, 0.25) is 0 Å². The molecule has 0 spiro atoms. The number of hydrogen-bond acceptors (Lipinski definition) is 5. The SMILES string of the molecule is Nc1ncc(-c2cccc(C(=O)O)c2)nc1OCc1cccc(F)c1C(F)(F)F. The molecule has 0 amide bonds. The van der Waals surface area contributed by atoms with E-state index in [1.807, 2.05) is 0 Å². The van der Waals surface area contributed by atoms with Crippen molar-refractivity contribution in [2.45, 2.75) is 12.8 Å². The zero-order valence-electron chi connectivity index (χ0n) is 14.6. The molecule has 0 fully saturated rings. The molecule has 29 heavy (non-hydrogen) atoms. The Morgan fingerprint density at radius 1 is 1.17 bits per heavy atom. The lowest BCUT2D eigenvalue weighted by Gasteiger charge is -2.15. The molecule has 0 aliphatic heterocycles. The Kier molecular flexibility index (Phi) is 5.35. The largest absolute Gasteiger partial charge is 0.478 e. The standard InChI is InChI=1S/C19H13F4N3O3/c20-13-6-2-5-12(15(13)19(21,22)23)9-29-17-16(24)25-8-14(26-17)10-3-1-4-11(7-10)18(27)28/h1-8H,9H2,(H2,24,25)(H,27,28). The number of carbonyl (C=O) groups is 1. The number of rotatable bonds is 5. The van der Waals surface area contributed by atoms with E-state index in [9.17, 15) is 22.4 Å². The van der Waals surface area contributed by atoms with Gasteiger partial charge < -0.3 is 15.6 Å². The van der Waals surface area contributed by atoms with Crippen LogP contribution in [0, 0.1) is 5.82 Å². The molecule has 6 nitrogen and oxygen atoms in total. The minimum Gasteiger partial charge on any atom is -0.478 e. The molecule has 10 heteroatoms. The minimum absolute atomic E-state index is 0.0122. The number of nitrogen functional groups attached to an aromatic ring is 1. The number of nitrogens with two attached hydrogens (primary N) is 1. The number of alkyl halides is 3. The molecule has 0 saturated carbocycles. The van der Waals surface area contributed by atoms with E-state index in [0.29, 0.717) is 11.6 Å². The number of hydrogen-bond donors (Lipinski definition) is 2. The van der Waals surface area contributed by atoms with Gasteiger partial charge in [-0.05, 0) is 18.2 Å². The third-order valence-electron chi connectivity index (χ3n) is 3.92. The van der Waals surface area contributed by atoms with Crippen molar-refractivity contribution in [2.75, 3.05) is 5.73 Å². The van der Waals surface area contributed by atoms with Crippen LogP contribution in [0.3, 0.4) is 0 Å². The Hall–Kier alpha value is -3.69. The van der Waals surface area contributed by atoms with E-state index in [-0.39, 0.29) is 23.0 Å². The van der Waals surface area contributed by atoms with Gasteiger partial charge >= 0.3 is 12.1 Å². The first-order chi connectivity index (χ1) is 13.7. The number of halogens is 4. The molecule has 0 unspecified atom stereocenters. The molecule has 0 radical (unpaired) electrons. The highest BCUT2D eigenvalue weighted by Gasteiger charge is 2.36. The van der Waals surface area contributed by atoms with E-state index >= 15 is 0 Å². The number of nitrogens with zero attached hydrogens (tertiary/aromatic N) is 2. The molecule has 3 rings (SSSR count). The van der Waals surface area contributed by atoms with E-state index in [1.54, 1.807) is 6.07 Å². The summed E-state index contributed by atoms with van der Waals surface area (Å²) in [7, 11) is 0.